The van der Waals surface area contributed by atoms with Crippen molar-refractivity contribution in [1.82, 2.24) is 5.32 Å². The Morgan fingerprint density at radius 1 is 1.09 bits per heavy atom. The number of para-hydroxylation sites is 1. The Balaban J connectivity index is 1.57. The molecule has 0 atom stereocenters. The molecule has 0 radical (unpaired) electrons. The van der Waals surface area contributed by atoms with E-state index in [2.05, 4.69) is 15.2 Å². The maximum atomic E-state index is 13.1. The van der Waals surface area contributed by atoms with Crippen molar-refractivity contribution in [3.8, 4) is 11.5 Å². The van der Waals surface area contributed by atoms with Crippen molar-refractivity contribution in [2.75, 3.05) is 11.3 Å². The van der Waals surface area contributed by atoms with Crippen molar-refractivity contribution in [2.45, 2.75) is 17.7 Å². The Morgan fingerprint density at radius 2 is 1.83 bits per heavy atom. The smallest absolute Gasteiger partial charge is 0.262 e. The number of nitrogens with zero attached hydrogens (tertiary/aromatic N) is 1. The summed E-state index contributed by atoms with van der Waals surface area (Å²) in [4.78, 5) is 23.1. The van der Waals surface area contributed by atoms with Crippen LogP contribution >= 0.6 is 45.8 Å². The molecule has 1 saturated carbocycles. The van der Waals surface area contributed by atoms with Gasteiger partial charge in [-0.1, -0.05) is 35.3 Å². The molecule has 0 spiro atoms. The molecule has 0 unspecified atom stereocenters. The third kappa shape index (κ3) is 6.24. The molecule has 0 saturated heterocycles. The average molecular weight is 646 g/mol. The van der Waals surface area contributed by atoms with Gasteiger partial charge in [0, 0.05) is 6.54 Å². The molecule has 0 aliphatic heterocycles. The maximum absolute atomic E-state index is 13.1. The Labute approximate surface area is 225 Å². The van der Waals surface area contributed by atoms with Gasteiger partial charge in [0.2, 0.25) is 0 Å². The molecule has 4 rings (SSSR count). The average Bonchev–Trinajstić information content (AvgIpc) is 3.65. The number of benzene rings is 3. The molecule has 0 bridgehead atoms. The molecule has 3 aromatic rings. The molecule has 8 nitrogen and oxygen atoms in total. The highest BCUT2D eigenvalue weighted by molar-refractivity contribution is 14.1. The first kappa shape index (κ1) is 25.7. The highest BCUT2D eigenvalue weighted by atomic mass is 127. The number of amides is 1. The number of hydrogen-bond acceptors (Lipinski definition) is 6. The van der Waals surface area contributed by atoms with E-state index in [1.807, 2.05) is 22.6 Å². The number of nitrogens with one attached hydrogen (secondary N) is 2. The number of anilines is 1. The van der Waals surface area contributed by atoms with Crippen LogP contribution in [0.25, 0.3) is 0 Å². The highest BCUT2D eigenvalue weighted by Crippen LogP contribution is 2.40. The van der Waals surface area contributed by atoms with E-state index in [-0.39, 0.29) is 49.3 Å². The van der Waals surface area contributed by atoms with Crippen LogP contribution in [0, 0.1) is 14.4 Å². The number of carbonyl (C=O) groups excluding carboxylic acids is 1. The number of rotatable bonds is 9. The van der Waals surface area contributed by atoms with Crippen molar-refractivity contribution in [1.29, 1.82) is 0 Å². The Kier molecular flexibility index (Phi) is 7.84. The molecule has 1 amide bonds. The molecule has 1 fully saturated rings. The predicted molar refractivity (Wildman–Crippen MR) is 143 cm³/mol. The summed E-state index contributed by atoms with van der Waals surface area (Å²) >= 11 is 14.4. The molecular weight excluding hydrogens is 628 g/mol. The van der Waals surface area contributed by atoms with Crippen LogP contribution < -0.4 is 14.8 Å². The normalized spacial score (nSPS) is 13.2. The monoisotopic (exact) mass is 645 g/mol. The van der Waals surface area contributed by atoms with E-state index in [1.165, 1.54) is 36.4 Å². The zero-order chi connectivity index (χ0) is 25.2. The van der Waals surface area contributed by atoms with E-state index in [0.29, 0.717) is 16.0 Å². The van der Waals surface area contributed by atoms with Crippen molar-refractivity contribution in [3.05, 3.63) is 78.7 Å². The largest absolute Gasteiger partial charge is 0.453 e. The van der Waals surface area contributed by atoms with Gasteiger partial charge in [0.05, 0.1) is 29.8 Å². The van der Waals surface area contributed by atoms with Gasteiger partial charge in [0.15, 0.2) is 5.75 Å². The van der Waals surface area contributed by atoms with Crippen LogP contribution in [0.2, 0.25) is 10.0 Å². The van der Waals surface area contributed by atoms with Gasteiger partial charge in [-0.25, -0.2) is 8.42 Å². The summed E-state index contributed by atoms with van der Waals surface area (Å²) in [5.74, 6) is 0.556. The fraction of sp³-hybridized carbons (Fsp3) is 0.174. The topological polar surface area (TPSA) is 114 Å². The lowest BCUT2D eigenvalue weighted by molar-refractivity contribution is 0.0952. The van der Waals surface area contributed by atoms with Crippen molar-refractivity contribution >= 4 is 73.1 Å². The van der Waals surface area contributed by atoms with Gasteiger partial charge in [0.25, 0.3) is 15.9 Å². The van der Waals surface area contributed by atoms with Gasteiger partial charge in [-0.3, -0.25) is 9.52 Å². The molecule has 1 aliphatic rings. The first-order chi connectivity index (χ1) is 16.7. The lowest BCUT2D eigenvalue weighted by atomic mass is 10.1. The first-order valence-electron chi connectivity index (χ1n) is 10.4. The number of hydrogen-bond donors (Lipinski definition) is 2. The minimum atomic E-state index is -4.09. The second-order valence-electron chi connectivity index (χ2n) is 7.83. The third-order valence-electron chi connectivity index (χ3n) is 5.18. The highest BCUT2D eigenvalue weighted by Gasteiger charge is 2.24. The second kappa shape index (κ2) is 10.7. The predicted octanol–water partition coefficient (Wildman–Crippen LogP) is 6.73. The molecule has 0 heterocycles. The van der Waals surface area contributed by atoms with E-state index in [0.717, 1.165) is 12.8 Å². The summed E-state index contributed by atoms with van der Waals surface area (Å²) in [5, 5.41) is 5.82. The van der Waals surface area contributed by atoms with Crippen LogP contribution in [0.5, 0.6) is 11.5 Å². The molecule has 1 aliphatic carbocycles. The van der Waals surface area contributed by atoms with Crippen molar-refractivity contribution in [2.24, 2.45) is 11.1 Å². The van der Waals surface area contributed by atoms with Gasteiger partial charge in [-0.2, -0.15) is 0 Å². The second-order valence-corrected chi connectivity index (χ2v) is 11.5. The number of halogens is 3. The zero-order valence-corrected chi connectivity index (χ0v) is 22.4. The third-order valence-corrected chi connectivity index (χ3v) is 7.90. The standard InChI is InChI=1S/C23H18Cl2IN3O5S/c24-17-9-14(28-31)7-8-21(17)34-22-18(25)10-15(11-19(22)26)35(32,33)29-20-4-2-1-3-16(20)23(30)27-12-13-5-6-13/h1-4,7-11,13,29H,5-6,12H2,(H,27,30). The van der Waals surface area contributed by atoms with Gasteiger partial charge < -0.3 is 10.1 Å². The molecule has 35 heavy (non-hydrogen) atoms. The molecular formula is C23H18Cl2IN3O5S. The van der Waals surface area contributed by atoms with Crippen LogP contribution in [0.4, 0.5) is 11.4 Å². The summed E-state index contributed by atoms with van der Waals surface area (Å²) in [6, 6.07) is 13.2. The van der Waals surface area contributed by atoms with E-state index < -0.39 is 10.0 Å². The van der Waals surface area contributed by atoms with E-state index >= 15 is 0 Å². The molecule has 182 valence electrons. The summed E-state index contributed by atoms with van der Waals surface area (Å²) in [5.41, 5.74) is 0.514. The minimum absolute atomic E-state index is 0.0291. The molecule has 0 aromatic heterocycles. The Bertz CT molecular complexity index is 1390. The van der Waals surface area contributed by atoms with Gasteiger partial charge in [-0.05, 0) is 89.0 Å². The van der Waals surface area contributed by atoms with Crippen LogP contribution in [0.15, 0.2) is 64.7 Å². The van der Waals surface area contributed by atoms with Crippen molar-refractivity contribution in [3.63, 3.8) is 0 Å². The SMILES string of the molecule is O=Nc1ccc(Oc2c(Cl)cc(S(=O)(=O)Nc3ccccc3C(=O)NCC3CC3)cc2I)c(Cl)c1. The Hall–Kier alpha value is -2.41. The van der Waals surface area contributed by atoms with E-state index in [1.54, 1.807) is 18.2 Å². The van der Waals surface area contributed by atoms with Crippen LogP contribution in [0.3, 0.4) is 0 Å². The van der Waals surface area contributed by atoms with Crippen LogP contribution in [-0.2, 0) is 10.0 Å². The quantitative estimate of drug-likeness (QED) is 0.198. The fourth-order valence-electron chi connectivity index (χ4n) is 3.16. The summed E-state index contributed by atoms with van der Waals surface area (Å²) in [6.45, 7) is 0.563. The molecule has 12 heteroatoms. The zero-order valence-electron chi connectivity index (χ0n) is 17.9. The van der Waals surface area contributed by atoms with E-state index in [4.69, 9.17) is 27.9 Å². The summed E-state index contributed by atoms with van der Waals surface area (Å²) in [6.07, 6.45) is 2.17. The van der Waals surface area contributed by atoms with Crippen molar-refractivity contribution < 1.29 is 17.9 Å². The number of carbonyl (C=O) groups is 1. The Morgan fingerprint density at radius 3 is 2.49 bits per heavy atom. The summed E-state index contributed by atoms with van der Waals surface area (Å²) in [7, 11) is -4.09. The molecule has 2 N–H and O–H groups in total. The first-order valence-corrected chi connectivity index (χ1v) is 13.7. The van der Waals surface area contributed by atoms with Gasteiger partial charge in [0.1, 0.15) is 11.4 Å². The number of ether oxygens (including phenoxy) is 1. The fourth-order valence-corrected chi connectivity index (χ4v) is 5.93. The summed E-state index contributed by atoms with van der Waals surface area (Å²) < 4.78 is 34.9. The van der Waals surface area contributed by atoms with Gasteiger partial charge in [-0.15, -0.1) is 4.91 Å². The number of nitroso groups, excluding NO2 is 1. The number of sulfonamides is 1. The molecule has 3 aromatic carbocycles. The lowest BCUT2D eigenvalue weighted by Crippen LogP contribution is -2.27. The maximum Gasteiger partial charge on any atom is 0.262 e. The minimum Gasteiger partial charge on any atom is -0.453 e. The van der Waals surface area contributed by atoms with Crippen LogP contribution in [0.1, 0.15) is 23.2 Å². The van der Waals surface area contributed by atoms with Gasteiger partial charge >= 0.3 is 0 Å². The van der Waals surface area contributed by atoms with E-state index in [9.17, 15) is 18.1 Å². The lowest BCUT2D eigenvalue weighted by Gasteiger charge is -2.15. The van der Waals surface area contributed by atoms with Crippen LogP contribution in [-0.4, -0.2) is 20.9 Å².